The fraction of sp³-hybridized carbons (Fsp3) is 0.229. The molecule has 32 heteroatoms. The number of hydrogen-bond acceptors (Lipinski definition) is 22. The number of nitrogens with one attached hydrogen (secondary N) is 1. The number of anilines is 5. The Labute approximate surface area is 640 Å². The number of fused-ring (bicyclic) bond motifs is 3. The van der Waals surface area contributed by atoms with Gasteiger partial charge in [-0.1, -0.05) is 59.9 Å². The number of nitrogens with two attached hydrogens (primary N) is 4. The van der Waals surface area contributed by atoms with Crippen LogP contribution in [0.1, 0.15) is 65.9 Å². The summed E-state index contributed by atoms with van der Waals surface area (Å²) in [6.07, 6.45) is 11.0. The van der Waals surface area contributed by atoms with Crippen LogP contribution in [0.15, 0.2) is 180 Å². The number of aromatic hydroxyl groups is 1. The zero-order valence-electron chi connectivity index (χ0n) is 57.8. The second kappa shape index (κ2) is 39.1. The van der Waals surface area contributed by atoms with Gasteiger partial charge >= 0.3 is 10.3 Å². The Balaban J connectivity index is 0.000000192. The quantitative estimate of drug-likeness (QED) is 0.0338. The lowest BCUT2D eigenvalue weighted by molar-refractivity contribution is -0.252. The van der Waals surface area contributed by atoms with Crippen molar-refractivity contribution < 1.29 is 55.8 Å². The number of amides is 1. The molecule has 1 aliphatic heterocycles. The molecule has 6 aromatic carbocycles. The first-order chi connectivity index (χ1) is 48.3. The molecule has 1 saturated heterocycles. The lowest BCUT2D eigenvalue weighted by Crippen LogP contribution is -2.41. The largest absolute Gasteiger partial charge is 0.506 e. The highest BCUT2D eigenvalue weighted by Crippen LogP contribution is 2.37. The van der Waals surface area contributed by atoms with E-state index in [1.807, 2.05) is 123 Å². The maximum Gasteiger partial charge on any atom is 0.498 e. The fourth-order valence-electron chi connectivity index (χ4n) is 8.94. The second-order valence-corrected chi connectivity index (χ2v) is 31.9. The molecule has 0 unspecified atom stereocenters. The van der Waals surface area contributed by atoms with Gasteiger partial charge in [-0.15, -0.1) is 47.3 Å². The van der Waals surface area contributed by atoms with Crippen molar-refractivity contribution in [3.05, 3.63) is 206 Å². The summed E-state index contributed by atoms with van der Waals surface area (Å²) in [6.45, 7) is 17.5. The minimum atomic E-state index is -0.572. The van der Waals surface area contributed by atoms with Crippen LogP contribution in [0.2, 0.25) is 0 Å². The molecular formula is C70H75B2Br6FN12O11. The van der Waals surface area contributed by atoms with Gasteiger partial charge in [-0.25, -0.2) is 39.3 Å². The summed E-state index contributed by atoms with van der Waals surface area (Å²) in [6, 6.07) is 31.9. The van der Waals surface area contributed by atoms with Gasteiger partial charge in [0.05, 0.1) is 35.3 Å². The summed E-state index contributed by atoms with van der Waals surface area (Å²) in [4.78, 5) is 40.7. The summed E-state index contributed by atoms with van der Waals surface area (Å²) in [5, 5.41) is 11.7. The number of carbonyl (C=O) groups is 1. The van der Waals surface area contributed by atoms with Crippen LogP contribution in [-0.4, -0.2) is 102 Å². The number of methoxy groups -OCH3 is 4. The van der Waals surface area contributed by atoms with Crippen molar-refractivity contribution in [1.29, 1.82) is 0 Å². The van der Waals surface area contributed by atoms with E-state index in [0.717, 1.165) is 91.1 Å². The summed E-state index contributed by atoms with van der Waals surface area (Å²) < 4.78 is 63.2. The number of nitrogen functional groups attached to an aromatic ring is 4. The highest BCUT2D eigenvalue weighted by molar-refractivity contribution is 9.69. The Morgan fingerprint density at radius 2 is 1.00 bits per heavy atom. The SMILES string of the molecule is BrB(Br)Br.CC1(C)OB(c2cnc(N)nc2)OC1(C)C.COC(OC)OC.COc1cc(Br)c(C)cc1N.Cc1cc(N)c(O)cc1Br.Cc1cc2ncoc2cc1-c1ccc(N)nc1.Cc1cc2ncoc2cc1-c1ccc(NC(=O)c2ccccc2F)nc1.Cc1cc2ncoc2cc1Br. The van der Waals surface area contributed by atoms with E-state index in [0.29, 0.717) is 34.3 Å². The zero-order chi connectivity index (χ0) is 75.2. The molecule has 1 amide bonds. The molecule has 6 aromatic heterocycles. The Bertz CT molecular complexity index is 4580. The minimum Gasteiger partial charge on any atom is -0.506 e. The van der Waals surface area contributed by atoms with Crippen molar-refractivity contribution in [2.24, 2.45) is 0 Å². The van der Waals surface area contributed by atoms with Gasteiger partial charge in [0.2, 0.25) is 5.95 Å². The van der Waals surface area contributed by atoms with E-state index >= 15 is 0 Å². The topological polar surface area (TPSA) is 338 Å². The van der Waals surface area contributed by atoms with Crippen molar-refractivity contribution in [3.8, 4) is 33.8 Å². The second-order valence-electron chi connectivity index (χ2n) is 22.9. The number of nitrogens with zero attached hydrogens (tertiary/aromatic N) is 7. The van der Waals surface area contributed by atoms with Crippen LogP contribution in [0, 0.1) is 40.4 Å². The predicted octanol–water partition coefficient (Wildman–Crippen LogP) is 17.4. The molecule has 10 N–H and O–H groups in total. The Morgan fingerprint density at radius 1 is 0.559 bits per heavy atom. The molecule has 1 fully saturated rings. The average Bonchev–Trinajstić information content (AvgIpc) is 1.61. The third kappa shape index (κ3) is 24.1. The van der Waals surface area contributed by atoms with Crippen LogP contribution >= 0.6 is 95.1 Å². The third-order valence-corrected chi connectivity index (χ3v) is 17.7. The van der Waals surface area contributed by atoms with Gasteiger partial charge in [0.15, 0.2) is 35.9 Å². The molecule has 0 radical (unpaired) electrons. The molecule has 102 heavy (non-hydrogen) atoms. The molecule has 12 aromatic rings. The van der Waals surface area contributed by atoms with Gasteiger partial charge < -0.3 is 74.9 Å². The van der Waals surface area contributed by atoms with E-state index in [-0.39, 0.29) is 31.6 Å². The number of benzene rings is 6. The smallest absolute Gasteiger partial charge is 0.498 e. The molecule has 7 heterocycles. The maximum absolute atomic E-state index is 13.7. The van der Waals surface area contributed by atoms with Gasteiger partial charge in [0, 0.05) is 76.1 Å². The van der Waals surface area contributed by atoms with E-state index in [1.54, 1.807) is 62.2 Å². The average molecular weight is 1780 g/mol. The molecule has 0 atom stereocenters. The minimum absolute atomic E-state index is 0.0232. The van der Waals surface area contributed by atoms with Crippen LogP contribution in [-0.2, 0) is 23.5 Å². The zero-order valence-corrected chi connectivity index (χ0v) is 67.3. The molecule has 23 nitrogen and oxygen atoms in total. The number of phenols is 1. The number of oxazole rings is 3. The number of halogens is 7. The standard InChI is InChI=1S/C20H14FN3O2.C13H11N3O.C10H16BN3O2.C8H6BrNO.C8H10BrNO.C7H8BrNO.C4H10O3.BBr3/c1-12-8-17-18(26-11-23-17)9-15(12)13-6-7-19(22-10-13)24-20(25)14-4-2-3-5-16(14)21;1-8-4-11-12(17-7-16-11)5-10(8)9-2-3-13(14)15-6-9;1-9(2)10(3,4)16-11(15-9)7-5-13-8(12)14-6-7;1-5-2-7-8(3-6(5)9)11-4-10-7;1-5-3-7(10)8(11-2)4-6(5)9;1-4-2-6(9)7(10)3-5(4)8;1-5-4(6-2)7-3;2-1(3)4/h2-11H,1H3,(H,22,24,25);2-7H,1H3,(H2,14,15);5-6H,1-4H3,(H2,12,13,14);2-4H,1H3;3-4H,10H2,1-2H3;2-3,10H,9H2,1H3;4H,1-3H3;. The highest BCUT2D eigenvalue weighted by Gasteiger charge is 2.52. The summed E-state index contributed by atoms with van der Waals surface area (Å²) >= 11 is 19.4. The number of rotatable bonds is 9. The summed E-state index contributed by atoms with van der Waals surface area (Å²) in [7, 11) is 5.71. The van der Waals surface area contributed by atoms with Crippen molar-refractivity contribution >= 4 is 179 Å². The Kier molecular flexibility index (Phi) is 31.9. The molecule has 0 spiro atoms. The molecule has 0 aliphatic carbocycles. The number of aromatic nitrogens is 7. The first-order valence-corrected chi connectivity index (χ1v) is 35.6. The fourth-order valence-corrected chi connectivity index (χ4v) is 9.91. The third-order valence-electron chi connectivity index (χ3n) is 15.1. The highest BCUT2D eigenvalue weighted by atomic mass is 79.9. The van der Waals surface area contributed by atoms with Crippen LogP contribution < -0.4 is 38.5 Å². The molecular weight excluding hydrogens is 1700 g/mol. The monoisotopic (exact) mass is 1770 g/mol. The van der Waals surface area contributed by atoms with E-state index in [2.05, 4.69) is 149 Å². The molecule has 536 valence electrons. The van der Waals surface area contributed by atoms with E-state index < -0.39 is 25.3 Å². The van der Waals surface area contributed by atoms with Crippen molar-refractivity contribution in [2.45, 2.75) is 80.0 Å². The van der Waals surface area contributed by atoms with Gasteiger partial charge in [0.1, 0.15) is 45.5 Å². The first-order valence-electron chi connectivity index (χ1n) is 30.5. The number of carbonyl (C=O) groups excluding carboxylic acids is 1. The molecule has 13 rings (SSSR count). The number of phenolic OH excluding ortho intramolecular Hbond substituents is 1. The molecule has 0 bridgehead atoms. The number of pyridine rings is 2. The summed E-state index contributed by atoms with van der Waals surface area (Å²) in [5.41, 5.74) is 37.6. The van der Waals surface area contributed by atoms with E-state index in [9.17, 15) is 9.18 Å². The first kappa shape index (κ1) is 83.1. The van der Waals surface area contributed by atoms with Crippen LogP contribution in [0.4, 0.5) is 33.3 Å². The van der Waals surface area contributed by atoms with Crippen molar-refractivity contribution in [2.75, 3.05) is 56.7 Å². The van der Waals surface area contributed by atoms with Crippen molar-refractivity contribution in [1.82, 2.24) is 34.9 Å². The lowest BCUT2D eigenvalue weighted by atomic mass is 9.81. The Hall–Kier alpha value is -7.88. The maximum atomic E-state index is 13.7. The normalized spacial score (nSPS) is 12.2. The Morgan fingerprint density at radius 3 is 1.44 bits per heavy atom. The van der Waals surface area contributed by atoms with Gasteiger partial charge in [0.25, 0.3) is 12.4 Å². The number of hydrogen-bond donors (Lipinski definition) is 6. The summed E-state index contributed by atoms with van der Waals surface area (Å²) in [5.74, 6) is 0.841. The van der Waals surface area contributed by atoms with Crippen molar-refractivity contribution in [3.63, 3.8) is 0 Å². The van der Waals surface area contributed by atoms with Crippen LogP contribution in [0.3, 0.4) is 0 Å². The van der Waals surface area contributed by atoms with Gasteiger partial charge in [-0.2, -0.15) is 0 Å². The number of ether oxygens (including phenoxy) is 4. The van der Waals surface area contributed by atoms with Crippen LogP contribution in [0.25, 0.3) is 55.6 Å². The van der Waals surface area contributed by atoms with Gasteiger partial charge in [-0.3, -0.25) is 4.79 Å². The van der Waals surface area contributed by atoms with E-state index in [1.165, 1.54) is 64.3 Å². The molecule has 0 saturated carbocycles. The van der Waals surface area contributed by atoms with Crippen LogP contribution in [0.5, 0.6) is 11.5 Å². The predicted molar refractivity (Wildman–Crippen MR) is 423 cm³/mol. The molecule has 1 aliphatic rings. The number of aryl methyl sites for hydroxylation is 5. The van der Waals surface area contributed by atoms with E-state index in [4.69, 9.17) is 55.3 Å². The van der Waals surface area contributed by atoms with Gasteiger partial charge in [-0.05, 0) is 198 Å². The lowest BCUT2D eigenvalue weighted by Gasteiger charge is -2.32.